The maximum absolute atomic E-state index is 12.4. The molecule has 2 saturated heterocycles. The number of carbonyl (C=O) groups is 1. The van der Waals surface area contributed by atoms with Gasteiger partial charge in [-0.25, -0.2) is 4.79 Å². The molecule has 0 bridgehead atoms. The Balaban J connectivity index is 1.59. The number of nitrogens with zero attached hydrogens (tertiary/aromatic N) is 1. The Morgan fingerprint density at radius 2 is 2.05 bits per heavy atom. The lowest BCUT2D eigenvalue weighted by molar-refractivity contribution is 0.137. The first-order valence-electron chi connectivity index (χ1n) is 7.62. The van der Waals surface area contributed by atoms with E-state index in [2.05, 4.69) is 10.6 Å². The fourth-order valence-electron chi connectivity index (χ4n) is 3.35. The Labute approximate surface area is 125 Å². The SMILES string of the molecule is COc1ccccc1NC(=O)N1CCC2(CCNC2)CC1. The van der Waals surface area contributed by atoms with Crippen molar-refractivity contribution in [3.63, 3.8) is 0 Å². The number of anilines is 1. The van der Waals surface area contributed by atoms with Crippen LogP contribution in [0.2, 0.25) is 0 Å². The molecule has 2 fully saturated rings. The largest absolute Gasteiger partial charge is 0.495 e. The van der Waals surface area contributed by atoms with E-state index in [4.69, 9.17) is 4.74 Å². The molecule has 5 heteroatoms. The number of methoxy groups -OCH3 is 1. The summed E-state index contributed by atoms with van der Waals surface area (Å²) in [6, 6.07) is 7.48. The molecule has 114 valence electrons. The highest BCUT2D eigenvalue weighted by molar-refractivity contribution is 5.91. The number of benzene rings is 1. The van der Waals surface area contributed by atoms with Gasteiger partial charge in [-0.3, -0.25) is 0 Å². The summed E-state index contributed by atoms with van der Waals surface area (Å²) in [4.78, 5) is 14.3. The number of piperidine rings is 1. The highest BCUT2D eigenvalue weighted by Crippen LogP contribution is 2.37. The maximum Gasteiger partial charge on any atom is 0.321 e. The predicted molar refractivity (Wildman–Crippen MR) is 82.7 cm³/mol. The van der Waals surface area contributed by atoms with E-state index in [1.165, 1.54) is 6.42 Å². The van der Waals surface area contributed by atoms with Crippen LogP contribution in [0.1, 0.15) is 19.3 Å². The van der Waals surface area contributed by atoms with E-state index in [0.29, 0.717) is 11.2 Å². The van der Waals surface area contributed by atoms with Gasteiger partial charge in [0.05, 0.1) is 12.8 Å². The molecule has 2 aliphatic rings. The normalized spacial score (nSPS) is 20.5. The third kappa shape index (κ3) is 2.97. The molecule has 1 aromatic rings. The van der Waals surface area contributed by atoms with Gasteiger partial charge in [0.25, 0.3) is 0 Å². The standard InChI is InChI=1S/C16H23N3O2/c1-21-14-5-3-2-4-13(14)18-15(20)19-10-7-16(8-11-19)6-9-17-12-16/h2-5,17H,6-12H2,1H3,(H,18,20). The molecule has 2 heterocycles. The average molecular weight is 289 g/mol. The third-order valence-electron chi connectivity index (χ3n) is 4.79. The number of hydrogen-bond acceptors (Lipinski definition) is 3. The quantitative estimate of drug-likeness (QED) is 0.878. The molecule has 1 spiro atoms. The number of carbonyl (C=O) groups excluding carboxylic acids is 1. The summed E-state index contributed by atoms with van der Waals surface area (Å²) >= 11 is 0. The third-order valence-corrected chi connectivity index (χ3v) is 4.79. The molecule has 0 aliphatic carbocycles. The first kappa shape index (κ1) is 14.2. The lowest BCUT2D eigenvalue weighted by Gasteiger charge is -2.38. The minimum atomic E-state index is -0.0275. The van der Waals surface area contributed by atoms with Crippen molar-refractivity contribution in [1.29, 1.82) is 0 Å². The molecule has 0 atom stereocenters. The molecule has 2 amide bonds. The van der Waals surface area contributed by atoms with Crippen LogP contribution < -0.4 is 15.4 Å². The summed E-state index contributed by atoms with van der Waals surface area (Å²) in [5, 5.41) is 6.40. The summed E-state index contributed by atoms with van der Waals surface area (Å²) < 4.78 is 5.27. The van der Waals surface area contributed by atoms with Gasteiger partial charge in [-0.05, 0) is 43.4 Å². The van der Waals surface area contributed by atoms with Crippen molar-refractivity contribution in [2.45, 2.75) is 19.3 Å². The van der Waals surface area contributed by atoms with Gasteiger partial charge >= 0.3 is 6.03 Å². The molecule has 1 aromatic carbocycles. The van der Waals surface area contributed by atoms with Crippen LogP contribution >= 0.6 is 0 Å². The topological polar surface area (TPSA) is 53.6 Å². The van der Waals surface area contributed by atoms with Gasteiger partial charge in [0.1, 0.15) is 5.75 Å². The number of rotatable bonds is 2. The Morgan fingerprint density at radius 1 is 1.29 bits per heavy atom. The molecule has 3 rings (SSSR count). The van der Waals surface area contributed by atoms with Crippen molar-refractivity contribution < 1.29 is 9.53 Å². The van der Waals surface area contributed by atoms with E-state index in [-0.39, 0.29) is 6.03 Å². The first-order valence-corrected chi connectivity index (χ1v) is 7.62. The molecule has 21 heavy (non-hydrogen) atoms. The lowest BCUT2D eigenvalue weighted by atomic mass is 9.78. The Morgan fingerprint density at radius 3 is 2.71 bits per heavy atom. The van der Waals surface area contributed by atoms with E-state index in [0.717, 1.165) is 44.7 Å². The predicted octanol–water partition coefficient (Wildman–Crippen LogP) is 2.30. The molecule has 2 N–H and O–H groups in total. The zero-order valence-corrected chi connectivity index (χ0v) is 12.5. The number of hydrogen-bond donors (Lipinski definition) is 2. The lowest BCUT2D eigenvalue weighted by Crippen LogP contribution is -2.45. The Bertz CT molecular complexity index is 502. The van der Waals surface area contributed by atoms with Gasteiger partial charge in [0.2, 0.25) is 0 Å². The molecule has 0 aromatic heterocycles. The first-order chi connectivity index (χ1) is 10.2. The van der Waals surface area contributed by atoms with Gasteiger partial charge in [0.15, 0.2) is 0 Å². The Hall–Kier alpha value is -1.75. The van der Waals surface area contributed by atoms with E-state index >= 15 is 0 Å². The van der Waals surface area contributed by atoms with E-state index in [1.807, 2.05) is 29.2 Å². The van der Waals surface area contributed by atoms with Crippen LogP contribution in [0.4, 0.5) is 10.5 Å². The van der Waals surface area contributed by atoms with Crippen molar-refractivity contribution in [3.05, 3.63) is 24.3 Å². The second kappa shape index (κ2) is 5.93. The summed E-state index contributed by atoms with van der Waals surface area (Å²) in [6.45, 7) is 3.90. The zero-order chi connectivity index (χ0) is 14.7. The Kier molecular flexibility index (Phi) is 4.01. The van der Waals surface area contributed by atoms with Crippen molar-refractivity contribution in [2.75, 3.05) is 38.6 Å². The second-order valence-electron chi connectivity index (χ2n) is 6.04. The van der Waals surface area contributed by atoms with Crippen LogP contribution in [-0.4, -0.2) is 44.2 Å². The van der Waals surface area contributed by atoms with Crippen LogP contribution in [0.25, 0.3) is 0 Å². The van der Waals surface area contributed by atoms with Crippen LogP contribution in [-0.2, 0) is 0 Å². The molecular formula is C16H23N3O2. The molecule has 2 aliphatic heterocycles. The molecule has 0 radical (unpaired) electrons. The molecular weight excluding hydrogens is 266 g/mol. The smallest absolute Gasteiger partial charge is 0.321 e. The van der Waals surface area contributed by atoms with Gasteiger partial charge in [-0.15, -0.1) is 0 Å². The van der Waals surface area contributed by atoms with Gasteiger partial charge < -0.3 is 20.3 Å². The van der Waals surface area contributed by atoms with Crippen LogP contribution in [0, 0.1) is 5.41 Å². The molecule has 0 unspecified atom stereocenters. The minimum absolute atomic E-state index is 0.0275. The summed E-state index contributed by atoms with van der Waals surface area (Å²) in [7, 11) is 1.61. The number of nitrogens with one attached hydrogen (secondary N) is 2. The van der Waals surface area contributed by atoms with Crippen molar-refractivity contribution in [1.82, 2.24) is 10.2 Å². The monoisotopic (exact) mass is 289 g/mol. The minimum Gasteiger partial charge on any atom is -0.495 e. The zero-order valence-electron chi connectivity index (χ0n) is 12.5. The summed E-state index contributed by atoms with van der Waals surface area (Å²) in [6.07, 6.45) is 3.44. The van der Waals surface area contributed by atoms with Crippen molar-refractivity contribution in [2.24, 2.45) is 5.41 Å². The van der Waals surface area contributed by atoms with Crippen molar-refractivity contribution >= 4 is 11.7 Å². The second-order valence-corrected chi connectivity index (χ2v) is 6.04. The average Bonchev–Trinajstić information content (AvgIpc) is 2.96. The van der Waals surface area contributed by atoms with Gasteiger partial charge in [0, 0.05) is 19.6 Å². The molecule has 5 nitrogen and oxygen atoms in total. The maximum atomic E-state index is 12.4. The van der Waals surface area contributed by atoms with Crippen molar-refractivity contribution in [3.8, 4) is 5.75 Å². The van der Waals surface area contributed by atoms with Crippen LogP contribution in [0.15, 0.2) is 24.3 Å². The van der Waals surface area contributed by atoms with Gasteiger partial charge in [-0.1, -0.05) is 12.1 Å². The number of para-hydroxylation sites is 2. The van der Waals surface area contributed by atoms with Crippen LogP contribution in [0.5, 0.6) is 5.75 Å². The fraction of sp³-hybridized carbons (Fsp3) is 0.562. The number of likely N-dealkylation sites (tertiary alicyclic amines) is 1. The van der Waals surface area contributed by atoms with Gasteiger partial charge in [-0.2, -0.15) is 0 Å². The fourth-order valence-corrected chi connectivity index (χ4v) is 3.35. The summed E-state index contributed by atoms with van der Waals surface area (Å²) in [5.41, 5.74) is 1.16. The highest BCUT2D eigenvalue weighted by Gasteiger charge is 2.38. The highest BCUT2D eigenvalue weighted by atomic mass is 16.5. The van der Waals surface area contributed by atoms with E-state index in [9.17, 15) is 4.79 Å². The number of ether oxygens (including phenoxy) is 1. The molecule has 0 saturated carbocycles. The summed E-state index contributed by atoms with van der Waals surface area (Å²) in [5.74, 6) is 0.694. The van der Waals surface area contributed by atoms with E-state index < -0.39 is 0 Å². The van der Waals surface area contributed by atoms with Crippen LogP contribution in [0.3, 0.4) is 0 Å². The van der Waals surface area contributed by atoms with E-state index in [1.54, 1.807) is 7.11 Å². The number of urea groups is 1. The number of amides is 2.